The van der Waals surface area contributed by atoms with E-state index in [2.05, 4.69) is 16.9 Å². The van der Waals surface area contributed by atoms with Gasteiger partial charge in [0, 0.05) is 27.8 Å². The van der Waals surface area contributed by atoms with Gasteiger partial charge in [-0.2, -0.15) is 0 Å². The molecular formula is C12H12ClN3O. The molecular weight excluding hydrogens is 238 g/mol. The van der Waals surface area contributed by atoms with Crippen molar-refractivity contribution in [1.29, 1.82) is 0 Å². The maximum Gasteiger partial charge on any atom is 0.253 e. The number of rotatable bonds is 3. The highest BCUT2D eigenvalue weighted by atomic mass is 35.5. The molecule has 0 aliphatic carbocycles. The molecule has 1 aromatic heterocycles. The first-order valence-corrected chi connectivity index (χ1v) is 5.44. The molecule has 1 aromatic carbocycles. The van der Waals surface area contributed by atoms with Crippen LogP contribution < -0.4 is 11.1 Å². The number of amides is 1. The van der Waals surface area contributed by atoms with Crippen LogP contribution in [-0.4, -0.2) is 17.4 Å². The lowest BCUT2D eigenvalue weighted by Crippen LogP contribution is -2.24. The van der Waals surface area contributed by atoms with Crippen LogP contribution in [0, 0.1) is 0 Å². The van der Waals surface area contributed by atoms with Crippen LogP contribution in [0.5, 0.6) is 0 Å². The van der Waals surface area contributed by atoms with Crippen molar-refractivity contribution in [2.75, 3.05) is 12.3 Å². The van der Waals surface area contributed by atoms with Crippen LogP contribution in [0.1, 0.15) is 10.4 Å². The van der Waals surface area contributed by atoms with Gasteiger partial charge in [-0.15, -0.1) is 0 Å². The Morgan fingerprint density at radius 1 is 1.53 bits per heavy atom. The number of carbonyl (C=O) groups excluding carboxylic acids is 1. The van der Waals surface area contributed by atoms with Gasteiger partial charge >= 0.3 is 0 Å². The van der Waals surface area contributed by atoms with Gasteiger partial charge < -0.3 is 16.0 Å². The largest absolute Gasteiger partial charge is 0.399 e. The molecule has 2 aromatic rings. The number of H-pyrrole nitrogens is 1. The van der Waals surface area contributed by atoms with Crippen LogP contribution >= 0.6 is 11.6 Å². The number of nitrogens with two attached hydrogens (primary N) is 1. The van der Waals surface area contributed by atoms with Crippen LogP contribution in [-0.2, 0) is 0 Å². The Labute approximate surface area is 103 Å². The Hall–Kier alpha value is -1.94. The molecule has 0 saturated heterocycles. The summed E-state index contributed by atoms with van der Waals surface area (Å²) in [5.74, 6) is -0.205. The molecule has 4 N–H and O–H groups in total. The molecule has 2 rings (SSSR count). The predicted molar refractivity (Wildman–Crippen MR) is 70.0 cm³/mol. The third-order valence-electron chi connectivity index (χ3n) is 2.39. The Morgan fingerprint density at radius 2 is 2.29 bits per heavy atom. The Morgan fingerprint density at radius 3 is 3.00 bits per heavy atom. The molecule has 88 valence electrons. The summed E-state index contributed by atoms with van der Waals surface area (Å²) < 4.78 is 0. The van der Waals surface area contributed by atoms with Crippen molar-refractivity contribution in [3.8, 4) is 0 Å². The minimum absolute atomic E-state index is 0.205. The van der Waals surface area contributed by atoms with Gasteiger partial charge in [0.25, 0.3) is 5.91 Å². The SMILES string of the molecule is C=C(Cl)CNC(=O)c1c[nH]c2ccc(N)cc12. The van der Waals surface area contributed by atoms with Gasteiger partial charge in [0.05, 0.1) is 12.1 Å². The van der Waals surface area contributed by atoms with Gasteiger partial charge in [0.2, 0.25) is 0 Å². The molecule has 1 amide bonds. The fraction of sp³-hybridized carbons (Fsp3) is 0.0833. The third-order valence-corrected chi connectivity index (χ3v) is 2.52. The number of halogens is 1. The highest BCUT2D eigenvalue weighted by Gasteiger charge is 2.11. The van der Waals surface area contributed by atoms with Gasteiger partial charge in [0.1, 0.15) is 0 Å². The molecule has 4 nitrogen and oxygen atoms in total. The second-order valence-electron chi connectivity index (χ2n) is 3.71. The van der Waals surface area contributed by atoms with E-state index in [0.29, 0.717) is 16.3 Å². The Kier molecular flexibility index (Phi) is 3.06. The highest BCUT2D eigenvalue weighted by molar-refractivity contribution is 6.29. The highest BCUT2D eigenvalue weighted by Crippen LogP contribution is 2.20. The second-order valence-corrected chi connectivity index (χ2v) is 4.24. The summed E-state index contributed by atoms with van der Waals surface area (Å²) in [7, 11) is 0. The fourth-order valence-electron chi connectivity index (χ4n) is 1.60. The lowest BCUT2D eigenvalue weighted by atomic mass is 10.1. The fourth-order valence-corrected chi connectivity index (χ4v) is 1.66. The zero-order chi connectivity index (χ0) is 12.4. The molecule has 0 radical (unpaired) electrons. The summed E-state index contributed by atoms with van der Waals surface area (Å²) in [4.78, 5) is 14.9. The number of fused-ring (bicyclic) bond motifs is 1. The smallest absolute Gasteiger partial charge is 0.253 e. The number of aromatic nitrogens is 1. The first-order chi connectivity index (χ1) is 8.08. The van der Waals surface area contributed by atoms with Crippen molar-refractivity contribution in [2.45, 2.75) is 0 Å². The maximum atomic E-state index is 11.9. The predicted octanol–water partition coefficient (Wildman–Crippen LogP) is 2.23. The van der Waals surface area contributed by atoms with Gasteiger partial charge in [-0.05, 0) is 18.2 Å². The molecule has 0 atom stereocenters. The lowest BCUT2D eigenvalue weighted by molar-refractivity contribution is 0.0959. The Bertz CT molecular complexity index is 588. The quantitative estimate of drug-likeness (QED) is 0.730. The number of nitrogens with one attached hydrogen (secondary N) is 2. The van der Waals surface area contributed by atoms with Crippen molar-refractivity contribution < 1.29 is 4.79 Å². The third kappa shape index (κ3) is 2.42. The van der Waals surface area contributed by atoms with E-state index < -0.39 is 0 Å². The van der Waals surface area contributed by atoms with Crippen LogP contribution in [0.15, 0.2) is 36.0 Å². The summed E-state index contributed by atoms with van der Waals surface area (Å²) in [6, 6.07) is 5.37. The minimum atomic E-state index is -0.205. The van der Waals surface area contributed by atoms with E-state index in [1.807, 2.05) is 6.07 Å². The molecule has 1 heterocycles. The van der Waals surface area contributed by atoms with E-state index in [4.69, 9.17) is 17.3 Å². The molecule has 17 heavy (non-hydrogen) atoms. The zero-order valence-electron chi connectivity index (χ0n) is 9.09. The van der Waals surface area contributed by atoms with E-state index >= 15 is 0 Å². The van der Waals surface area contributed by atoms with Crippen LogP contribution in [0.25, 0.3) is 10.9 Å². The molecule has 0 bridgehead atoms. The first-order valence-electron chi connectivity index (χ1n) is 5.06. The summed E-state index contributed by atoms with van der Waals surface area (Å²) >= 11 is 5.59. The van der Waals surface area contributed by atoms with Crippen molar-refractivity contribution >= 4 is 34.1 Å². The number of hydrogen-bond donors (Lipinski definition) is 3. The van der Waals surface area contributed by atoms with E-state index in [1.165, 1.54) is 0 Å². The average molecular weight is 250 g/mol. The molecule has 0 spiro atoms. The first kappa shape index (κ1) is 11.5. The zero-order valence-corrected chi connectivity index (χ0v) is 9.84. The average Bonchev–Trinajstić information content (AvgIpc) is 2.68. The summed E-state index contributed by atoms with van der Waals surface area (Å²) in [6.07, 6.45) is 1.65. The molecule has 0 aliphatic rings. The van der Waals surface area contributed by atoms with E-state index in [0.717, 1.165) is 10.9 Å². The summed E-state index contributed by atoms with van der Waals surface area (Å²) in [5, 5.41) is 3.85. The van der Waals surface area contributed by atoms with Crippen LogP contribution in [0.3, 0.4) is 0 Å². The normalized spacial score (nSPS) is 10.4. The van der Waals surface area contributed by atoms with E-state index in [1.54, 1.807) is 18.3 Å². The molecule has 0 saturated carbocycles. The molecule has 5 heteroatoms. The number of carbonyl (C=O) groups is 1. The van der Waals surface area contributed by atoms with Crippen LogP contribution in [0.4, 0.5) is 5.69 Å². The maximum absolute atomic E-state index is 11.9. The number of benzene rings is 1. The van der Waals surface area contributed by atoms with Gasteiger partial charge in [-0.25, -0.2) is 0 Å². The second kappa shape index (κ2) is 4.51. The van der Waals surface area contributed by atoms with Gasteiger partial charge in [-0.3, -0.25) is 4.79 Å². The van der Waals surface area contributed by atoms with Crippen molar-refractivity contribution in [3.63, 3.8) is 0 Å². The van der Waals surface area contributed by atoms with Gasteiger partial charge in [0.15, 0.2) is 0 Å². The van der Waals surface area contributed by atoms with E-state index in [9.17, 15) is 4.79 Å². The number of anilines is 1. The molecule has 0 aliphatic heterocycles. The van der Waals surface area contributed by atoms with Crippen molar-refractivity contribution in [3.05, 3.63) is 41.6 Å². The topological polar surface area (TPSA) is 70.9 Å². The van der Waals surface area contributed by atoms with Gasteiger partial charge in [-0.1, -0.05) is 18.2 Å². The summed E-state index contributed by atoms with van der Waals surface area (Å²) in [6.45, 7) is 3.75. The van der Waals surface area contributed by atoms with Crippen molar-refractivity contribution in [1.82, 2.24) is 10.3 Å². The molecule has 0 fully saturated rings. The van der Waals surface area contributed by atoms with E-state index in [-0.39, 0.29) is 12.5 Å². The standard InChI is InChI=1S/C12H12ClN3O/c1-7(13)5-16-12(17)10-6-15-11-3-2-8(14)4-9(10)11/h2-4,6,15H,1,5,14H2,(H,16,17). The number of hydrogen-bond acceptors (Lipinski definition) is 2. The molecule has 0 unspecified atom stereocenters. The lowest BCUT2D eigenvalue weighted by Gasteiger charge is -2.02. The van der Waals surface area contributed by atoms with Crippen LogP contribution in [0.2, 0.25) is 0 Å². The summed E-state index contributed by atoms with van der Waals surface area (Å²) in [5.41, 5.74) is 7.73. The number of nitrogen functional groups attached to an aromatic ring is 1. The monoisotopic (exact) mass is 249 g/mol. The Balaban J connectivity index is 2.32. The number of aromatic amines is 1. The minimum Gasteiger partial charge on any atom is -0.399 e. The van der Waals surface area contributed by atoms with Crippen molar-refractivity contribution in [2.24, 2.45) is 0 Å².